The van der Waals surface area contributed by atoms with Gasteiger partial charge in [-0.05, 0) is 120 Å². The number of esters is 1. The fourth-order valence-electron chi connectivity index (χ4n) is 11.7. The number of anilines is 6. The fourth-order valence-corrected chi connectivity index (χ4v) is 12.4. The van der Waals surface area contributed by atoms with Crippen molar-refractivity contribution < 1.29 is 72.0 Å². The summed E-state index contributed by atoms with van der Waals surface area (Å²) in [6, 6.07) is 36.9. The first kappa shape index (κ1) is 82.0. The predicted octanol–water partition coefficient (Wildman–Crippen LogP) is 11.1. The lowest BCUT2D eigenvalue weighted by Gasteiger charge is -2.29. The van der Waals surface area contributed by atoms with E-state index in [-0.39, 0.29) is 92.8 Å². The number of hydrazone groups is 1. The number of aryl methyl sites for hydroxylation is 2. The molecule has 1 fully saturated rings. The lowest BCUT2D eigenvalue weighted by molar-refractivity contribution is -0.671. The van der Waals surface area contributed by atoms with E-state index in [4.69, 9.17) is 26.0 Å². The Morgan fingerprint density at radius 2 is 1.56 bits per heavy atom. The number of nitrogens with one attached hydrogen (secondary N) is 4. The van der Waals surface area contributed by atoms with Crippen molar-refractivity contribution in [2.24, 2.45) is 23.5 Å². The maximum atomic E-state index is 13.8. The summed E-state index contributed by atoms with van der Waals surface area (Å²) < 4.78 is 27.6. The van der Waals surface area contributed by atoms with Crippen molar-refractivity contribution >= 4 is 99.1 Å². The monoisotopic (exact) mass is 1510 g/mol. The van der Waals surface area contributed by atoms with Crippen molar-refractivity contribution in [2.45, 2.75) is 111 Å². The van der Waals surface area contributed by atoms with Crippen LogP contribution in [0.25, 0.3) is 5.82 Å². The van der Waals surface area contributed by atoms with Crippen LogP contribution in [0.4, 0.5) is 34.3 Å². The van der Waals surface area contributed by atoms with Crippen LogP contribution in [0.15, 0.2) is 161 Å². The molecule has 2 aliphatic carbocycles. The minimum atomic E-state index is -1.18. The number of benzene rings is 5. The molecule has 0 aliphatic heterocycles. The number of nitrogen functional groups attached to an aromatic ring is 2. The normalized spacial score (nSPS) is 13.0. The summed E-state index contributed by atoms with van der Waals surface area (Å²) in [7, 11) is 8.08. The highest BCUT2D eigenvalue weighted by Crippen LogP contribution is 2.37. The number of allylic oxidation sites excluding steroid dienone is 2. The zero-order chi connectivity index (χ0) is 78.9. The molecule has 9 aromatic rings. The van der Waals surface area contributed by atoms with Crippen LogP contribution in [0.2, 0.25) is 0 Å². The number of pyridine rings is 1. The number of aromatic carboxylic acids is 1. The standard InChI is InChI=1S/C27H38N4O5S.C21H21N9O2.C15H14N2O3.C15H17NO4/c1-17(2)9-8-12-19(32)16-31(21-14-13-20(35-3)15-22(21)36-4)27(34)25-23(28)24(30-37-25)26(33)29-18-10-6-5-7-11-18;1-14-7-6-8-15(11-14)12-23-25-21(31)18-17(13-29(2)16-9-4-3-5-10-16)30(28-24-18)20-19(22)26-32-27-20;1-17-9-7-11(8-10-17)14(18)16-13-6-4-3-5-12(13)15(19)20-2;1-15(2)7-10(5-11(17)8-15)16-9-3-4-12(14(19)20)13(18)6-9/h13-15,17-18H,5-12,16,28H2,1-4H3,(H,29,33);3-12H,13H2,1-2H3,(H2,22,26)(H,25,31);3-10H,1-2H3;3-6,16,18H,7-8H2,1-2H3,(H,19,20)/p+1/b;23-12+;;. The highest BCUT2D eigenvalue weighted by atomic mass is 32.1. The van der Waals surface area contributed by atoms with Gasteiger partial charge in [0.1, 0.15) is 34.7 Å². The number of ketones is 2. The number of methoxy groups -OCH3 is 3. The third kappa shape index (κ3) is 23.4. The molecule has 0 saturated heterocycles. The Kier molecular flexibility index (Phi) is 29.4. The van der Waals surface area contributed by atoms with E-state index in [1.165, 1.54) is 49.5 Å². The van der Waals surface area contributed by atoms with Gasteiger partial charge in [-0.15, -0.1) is 5.10 Å². The highest BCUT2D eigenvalue weighted by Gasteiger charge is 2.32. The number of rotatable bonds is 25. The van der Waals surface area contributed by atoms with E-state index in [9.17, 15) is 43.5 Å². The molecule has 572 valence electrons. The van der Waals surface area contributed by atoms with Crippen LogP contribution in [-0.4, -0.2) is 134 Å². The molecule has 1 saturated carbocycles. The third-order valence-corrected chi connectivity index (χ3v) is 18.1. The SMILES string of the molecule is CC1(C)CC(=O)C=C(Nc2ccc(C(=O)O)c(O)c2)C1.COC(=O)c1ccccc1NC(=O)c1cc[n+](C)cc1.COc1ccc(N(CC(=O)CCCC(C)C)C(=O)c2snc(C(=O)NC3CCCCC3)c2N)c(OC)c1.Cc1cccc(/C=N/NC(=O)c2nnn(-c3nonc3N)c2CN(C)c2ccccc2)c1. The summed E-state index contributed by atoms with van der Waals surface area (Å²) in [4.78, 5) is 102. The molecule has 4 heterocycles. The first-order valence-electron chi connectivity index (χ1n) is 35.0. The number of nitrogens with zero attached hydrogens (tertiary/aromatic N) is 10. The second kappa shape index (κ2) is 39.1. The minimum Gasteiger partial charge on any atom is -0.507 e. The van der Waals surface area contributed by atoms with Crippen LogP contribution in [0.1, 0.15) is 170 Å². The molecule has 2 aliphatic rings. The van der Waals surface area contributed by atoms with Crippen molar-refractivity contribution in [1.29, 1.82) is 0 Å². The van der Waals surface area contributed by atoms with Gasteiger partial charge in [-0.2, -0.15) is 14.2 Å². The third-order valence-electron chi connectivity index (χ3n) is 17.3. The number of phenols is 1. The van der Waals surface area contributed by atoms with Crippen molar-refractivity contribution in [2.75, 3.05) is 66.8 Å². The number of carboxylic acids is 1. The molecule has 11 rings (SSSR count). The summed E-state index contributed by atoms with van der Waals surface area (Å²) in [5, 5.41) is 46.7. The van der Waals surface area contributed by atoms with Gasteiger partial charge in [0.15, 0.2) is 35.3 Å². The average Bonchev–Trinajstić information content (AvgIpc) is 1.75. The van der Waals surface area contributed by atoms with Gasteiger partial charge in [0, 0.05) is 73.3 Å². The molecule has 0 unspecified atom stereocenters. The summed E-state index contributed by atoms with van der Waals surface area (Å²) >= 11 is 0.864. The van der Waals surface area contributed by atoms with Gasteiger partial charge in [-0.25, -0.2) is 24.2 Å². The fraction of sp³-hybridized carbons (Fsp3) is 0.321. The molecule has 4 amide bonds. The van der Waals surface area contributed by atoms with E-state index in [0.717, 1.165) is 79.0 Å². The molecule has 0 bridgehead atoms. The molecule has 31 heteroatoms. The Labute approximate surface area is 634 Å². The zero-order valence-electron chi connectivity index (χ0n) is 62.4. The molecule has 0 radical (unpaired) electrons. The summed E-state index contributed by atoms with van der Waals surface area (Å²) in [5.41, 5.74) is 20.9. The molecule has 4 aromatic heterocycles. The Morgan fingerprint density at radius 3 is 2.21 bits per heavy atom. The number of ether oxygens (including phenoxy) is 3. The van der Waals surface area contributed by atoms with Crippen molar-refractivity contribution in [3.8, 4) is 23.1 Å². The van der Waals surface area contributed by atoms with Crippen LogP contribution >= 0.6 is 11.5 Å². The summed E-state index contributed by atoms with van der Waals surface area (Å²) in [6.07, 6.45) is 15.1. The Bertz CT molecular complexity index is 4740. The molecule has 0 atom stereocenters. The summed E-state index contributed by atoms with van der Waals surface area (Å²) in [6.45, 7) is 10.4. The van der Waals surface area contributed by atoms with Crippen LogP contribution in [0.5, 0.6) is 17.2 Å². The number of Topliss-reactive ketones (excluding diaryl/α,β-unsaturated/α-hetero) is 1. The zero-order valence-corrected chi connectivity index (χ0v) is 63.2. The number of carboxylic acid groups (broad SMARTS) is 1. The Morgan fingerprint density at radius 1 is 0.835 bits per heavy atom. The molecule has 10 N–H and O–H groups in total. The molecule has 0 spiro atoms. The maximum Gasteiger partial charge on any atom is 0.339 e. The van der Waals surface area contributed by atoms with E-state index < -0.39 is 23.8 Å². The van der Waals surface area contributed by atoms with E-state index in [0.29, 0.717) is 64.1 Å². The largest absolute Gasteiger partial charge is 0.507 e. The van der Waals surface area contributed by atoms with Gasteiger partial charge in [0.2, 0.25) is 11.6 Å². The molecule has 5 aromatic carbocycles. The van der Waals surface area contributed by atoms with Gasteiger partial charge in [0.05, 0.1) is 74.5 Å². The average molecular weight is 1510 g/mol. The van der Waals surface area contributed by atoms with E-state index in [2.05, 4.69) is 74.7 Å². The van der Waals surface area contributed by atoms with Gasteiger partial charge in [0.25, 0.3) is 23.6 Å². The number of carbonyl (C=O) groups excluding carboxylic acids is 7. The van der Waals surface area contributed by atoms with E-state index in [1.54, 1.807) is 85.3 Å². The Hall–Kier alpha value is -12.7. The maximum absolute atomic E-state index is 13.8. The van der Waals surface area contributed by atoms with Gasteiger partial charge in [-0.1, -0.05) is 119 Å². The molecule has 109 heavy (non-hydrogen) atoms. The number of hydrogen-bond acceptors (Lipinski definition) is 24. The van der Waals surface area contributed by atoms with Crippen LogP contribution in [0, 0.1) is 18.3 Å². The highest BCUT2D eigenvalue weighted by molar-refractivity contribution is 7.09. The van der Waals surface area contributed by atoms with Gasteiger partial charge < -0.3 is 56.7 Å². The Balaban J connectivity index is 0.000000189. The summed E-state index contributed by atoms with van der Waals surface area (Å²) in [5.74, 6) is -2.07. The van der Waals surface area contributed by atoms with Crippen molar-refractivity contribution in [3.63, 3.8) is 0 Å². The number of para-hydroxylation sites is 2. The lowest BCUT2D eigenvalue weighted by atomic mass is 9.79. The van der Waals surface area contributed by atoms with E-state index in [1.807, 2.05) is 98.9 Å². The van der Waals surface area contributed by atoms with E-state index >= 15 is 0 Å². The second-order valence-corrected chi connectivity index (χ2v) is 27.7. The number of nitrogens with two attached hydrogens (primary N) is 2. The number of carbonyl (C=O) groups is 8. The molecular formula is C78H91N16O14S+. The molecular weight excluding hydrogens is 1420 g/mol. The van der Waals surface area contributed by atoms with Gasteiger partial charge >= 0.3 is 11.9 Å². The first-order valence-corrected chi connectivity index (χ1v) is 35.7. The van der Waals surface area contributed by atoms with Crippen molar-refractivity contribution in [3.05, 3.63) is 201 Å². The number of amides is 4. The topological polar surface area (TPSA) is 410 Å². The first-order chi connectivity index (χ1) is 52.1. The van der Waals surface area contributed by atoms with Crippen LogP contribution < -0.4 is 56.7 Å². The van der Waals surface area contributed by atoms with Crippen LogP contribution in [0.3, 0.4) is 0 Å². The molecule has 30 nitrogen and oxygen atoms in total. The minimum absolute atomic E-state index is 0.0213. The predicted molar refractivity (Wildman–Crippen MR) is 412 cm³/mol. The van der Waals surface area contributed by atoms with Crippen LogP contribution in [-0.2, 0) is 27.9 Å². The lowest BCUT2D eigenvalue weighted by Crippen LogP contribution is -2.37. The second-order valence-electron chi connectivity index (χ2n) is 27.0. The number of aromatic hydroxyl groups is 1. The number of hydrogen-bond donors (Lipinski definition) is 8. The van der Waals surface area contributed by atoms with Crippen molar-refractivity contribution in [1.82, 2.24) is 40.4 Å². The quantitative estimate of drug-likeness (QED) is 0.0114. The smallest absolute Gasteiger partial charge is 0.339 e. The number of aromatic nitrogens is 7. The van der Waals surface area contributed by atoms with Gasteiger partial charge in [-0.3, -0.25) is 33.7 Å².